The van der Waals surface area contributed by atoms with E-state index in [9.17, 15) is 9.59 Å². The Labute approximate surface area is 170 Å². The number of rotatable bonds is 4. The van der Waals surface area contributed by atoms with E-state index in [2.05, 4.69) is 15.3 Å². The number of nitrogens with one attached hydrogen (secondary N) is 2. The number of benzene rings is 2. The number of fused-ring (bicyclic) bond motifs is 1. The van der Waals surface area contributed by atoms with Crippen LogP contribution >= 0.6 is 12.2 Å². The average molecular weight is 404 g/mol. The van der Waals surface area contributed by atoms with Crippen LogP contribution in [0.3, 0.4) is 0 Å². The van der Waals surface area contributed by atoms with Gasteiger partial charge in [-0.05, 0) is 66.8 Å². The number of nitrogens with zero attached hydrogens (tertiary/aromatic N) is 2. The summed E-state index contributed by atoms with van der Waals surface area (Å²) in [5.74, 6) is 0.375. The van der Waals surface area contributed by atoms with Crippen LogP contribution < -0.4 is 15.6 Å². The molecule has 0 saturated heterocycles. The van der Waals surface area contributed by atoms with Crippen LogP contribution in [-0.2, 0) is 0 Å². The van der Waals surface area contributed by atoms with Crippen LogP contribution in [-0.4, -0.2) is 27.6 Å². The van der Waals surface area contributed by atoms with E-state index >= 15 is 0 Å². The first-order chi connectivity index (χ1) is 14.1. The Morgan fingerprint density at radius 2 is 1.97 bits per heavy atom. The van der Waals surface area contributed by atoms with Crippen molar-refractivity contribution in [3.8, 4) is 11.4 Å². The Kier molecular flexibility index (Phi) is 4.92. The Bertz CT molecular complexity index is 1310. The van der Waals surface area contributed by atoms with Gasteiger partial charge in [-0.2, -0.15) is 0 Å². The zero-order valence-electron chi connectivity index (χ0n) is 15.4. The van der Waals surface area contributed by atoms with Crippen LogP contribution in [0.25, 0.3) is 16.6 Å². The largest absolute Gasteiger partial charge is 0.497 e. The fraction of sp³-hybridized carbons (Fsp3) is 0.0476. The molecule has 2 aromatic heterocycles. The molecule has 8 heteroatoms. The topological polar surface area (TPSA) is 89.0 Å². The number of anilines is 1. The molecule has 2 heterocycles. The van der Waals surface area contributed by atoms with Gasteiger partial charge in [0.15, 0.2) is 4.77 Å². The van der Waals surface area contributed by atoms with Crippen molar-refractivity contribution < 1.29 is 9.53 Å². The summed E-state index contributed by atoms with van der Waals surface area (Å²) in [6.45, 7) is 0. The number of ether oxygens (including phenoxy) is 1. The van der Waals surface area contributed by atoms with Gasteiger partial charge < -0.3 is 15.0 Å². The molecule has 0 aliphatic heterocycles. The zero-order chi connectivity index (χ0) is 20.4. The van der Waals surface area contributed by atoms with Crippen LogP contribution in [0.4, 0.5) is 5.69 Å². The number of amides is 1. The molecule has 0 unspecified atom stereocenters. The van der Waals surface area contributed by atoms with Crippen LogP contribution in [0, 0.1) is 4.77 Å². The predicted molar refractivity (Wildman–Crippen MR) is 113 cm³/mol. The summed E-state index contributed by atoms with van der Waals surface area (Å²) in [5, 5.41) is 3.19. The Hall–Kier alpha value is -3.78. The fourth-order valence-electron chi connectivity index (χ4n) is 2.96. The lowest BCUT2D eigenvalue weighted by molar-refractivity contribution is 0.102. The standard InChI is InChI=1S/C21H16N4O3S/c1-28-16-7-5-15(6-8-16)25-20(27)17-9-4-13(11-18(17)24-21(25)29)19(26)23-14-3-2-10-22-12-14/h2-12H,1H3,(H,23,26)(H,24,29). The third-order valence-corrected chi connectivity index (χ3v) is 4.69. The SMILES string of the molecule is COc1ccc(-n2c(=S)[nH]c3cc(C(=O)Nc4cccnc4)ccc3c2=O)cc1. The van der Waals surface area contributed by atoms with E-state index in [0.717, 1.165) is 0 Å². The lowest BCUT2D eigenvalue weighted by Crippen LogP contribution is -2.21. The van der Waals surface area contributed by atoms with E-state index < -0.39 is 0 Å². The lowest BCUT2D eigenvalue weighted by atomic mass is 10.1. The van der Waals surface area contributed by atoms with Gasteiger partial charge in [0, 0.05) is 11.8 Å². The highest BCUT2D eigenvalue weighted by molar-refractivity contribution is 7.71. The maximum atomic E-state index is 13.0. The molecule has 2 aromatic carbocycles. The predicted octanol–water partition coefficient (Wildman–Crippen LogP) is 3.70. The molecule has 4 aromatic rings. The van der Waals surface area contributed by atoms with Crippen LogP contribution in [0.5, 0.6) is 5.75 Å². The van der Waals surface area contributed by atoms with Gasteiger partial charge in [0.1, 0.15) is 5.75 Å². The van der Waals surface area contributed by atoms with Gasteiger partial charge in [0.2, 0.25) is 0 Å². The number of carbonyl (C=O) groups excluding carboxylic acids is 1. The summed E-state index contributed by atoms with van der Waals surface area (Å²) in [7, 11) is 1.57. The molecule has 0 radical (unpaired) electrons. The molecular formula is C21H16N4O3S. The molecule has 0 fully saturated rings. The Balaban J connectivity index is 1.74. The first-order valence-electron chi connectivity index (χ1n) is 8.72. The normalized spacial score (nSPS) is 10.7. The third kappa shape index (κ3) is 3.65. The minimum Gasteiger partial charge on any atom is -0.497 e. The summed E-state index contributed by atoms with van der Waals surface area (Å²) in [6.07, 6.45) is 3.18. The Morgan fingerprint density at radius 1 is 1.17 bits per heavy atom. The van der Waals surface area contributed by atoms with Gasteiger partial charge >= 0.3 is 0 Å². The van der Waals surface area contributed by atoms with Crippen molar-refractivity contribution in [1.29, 1.82) is 0 Å². The Morgan fingerprint density at radius 3 is 2.66 bits per heavy atom. The molecule has 0 aliphatic carbocycles. The van der Waals surface area contributed by atoms with Crippen molar-refractivity contribution in [3.05, 3.63) is 87.7 Å². The maximum absolute atomic E-state index is 13.0. The highest BCUT2D eigenvalue weighted by Gasteiger charge is 2.12. The van der Waals surface area contributed by atoms with E-state index in [1.165, 1.54) is 4.57 Å². The van der Waals surface area contributed by atoms with Crippen molar-refractivity contribution in [2.24, 2.45) is 0 Å². The molecule has 2 N–H and O–H groups in total. The molecule has 144 valence electrons. The molecule has 1 amide bonds. The van der Waals surface area contributed by atoms with Crippen LogP contribution in [0.1, 0.15) is 10.4 Å². The second-order valence-corrected chi connectivity index (χ2v) is 6.61. The van der Waals surface area contributed by atoms with Crippen LogP contribution in [0.15, 0.2) is 71.8 Å². The quantitative estimate of drug-likeness (QED) is 0.506. The summed E-state index contributed by atoms with van der Waals surface area (Å²) in [6, 6.07) is 15.3. The van der Waals surface area contributed by atoms with Crippen LogP contribution in [0.2, 0.25) is 0 Å². The van der Waals surface area contributed by atoms with E-state index in [1.807, 2.05) is 0 Å². The zero-order valence-corrected chi connectivity index (χ0v) is 16.2. The maximum Gasteiger partial charge on any atom is 0.266 e. The molecule has 7 nitrogen and oxygen atoms in total. The van der Waals surface area contributed by atoms with E-state index in [-0.39, 0.29) is 16.2 Å². The number of methoxy groups -OCH3 is 1. The third-order valence-electron chi connectivity index (χ3n) is 4.41. The average Bonchev–Trinajstić information content (AvgIpc) is 2.74. The van der Waals surface area contributed by atoms with Gasteiger partial charge in [-0.1, -0.05) is 0 Å². The molecular weight excluding hydrogens is 388 g/mol. The first kappa shape index (κ1) is 18.6. The molecule has 0 aliphatic rings. The number of hydrogen-bond donors (Lipinski definition) is 2. The molecule has 4 rings (SSSR count). The van der Waals surface area contributed by atoms with Crippen molar-refractivity contribution in [2.75, 3.05) is 12.4 Å². The number of aromatic amines is 1. The molecule has 0 spiro atoms. The van der Waals surface area contributed by atoms with E-state index in [4.69, 9.17) is 17.0 Å². The van der Waals surface area contributed by atoms with Crippen molar-refractivity contribution in [1.82, 2.24) is 14.5 Å². The number of pyridine rings is 1. The first-order valence-corrected chi connectivity index (χ1v) is 9.12. The van der Waals surface area contributed by atoms with E-state index in [0.29, 0.717) is 33.6 Å². The van der Waals surface area contributed by atoms with Gasteiger partial charge in [-0.25, -0.2) is 0 Å². The minimum absolute atomic E-state index is 0.234. The molecule has 0 atom stereocenters. The van der Waals surface area contributed by atoms with Gasteiger partial charge in [-0.15, -0.1) is 0 Å². The number of aromatic nitrogens is 3. The second-order valence-electron chi connectivity index (χ2n) is 6.22. The summed E-state index contributed by atoms with van der Waals surface area (Å²) < 4.78 is 6.79. The highest BCUT2D eigenvalue weighted by atomic mass is 32.1. The number of carbonyl (C=O) groups is 1. The number of hydrogen-bond acceptors (Lipinski definition) is 5. The smallest absolute Gasteiger partial charge is 0.266 e. The van der Waals surface area contributed by atoms with Crippen molar-refractivity contribution in [2.45, 2.75) is 0 Å². The van der Waals surface area contributed by atoms with Gasteiger partial charge in [0.25, 0.3) is 11.5 Å². The molecule has 0 bridgehead atoms. The lowest BCUT2D eigenvalue weighted by Gasteiger charge is -2.10. The second kappa shape index (κ2) is 7.69. The number of H-pyrrole nitrogens is 1. The molecule has 29 heavy (non-hydrogen) atoms. The fourth-order valence-corrected chi connectivity index (χ4v) is 3.26. The van der Waals surface area contributed by atoms with Gasteiger partial charge in [0.05, 0.1) is 35.6 Å². The highest BCUT2D eigenvalue weighted by Crippen LogP contribution is 2.17. The monoisotopic (exact) mass is 404 g/mol. The van der Waals surface area contributed by atoms with Gasteiger partial charge in [-0.3, -0.25) is 19.1 Å². The summed E-state index contributed by atoms with van der Waals surface area (Å²) in [5.41, 5.74) is 1.82. The summed E-state index contributed by atoms with van der Waals surface area (Å²) >= 11 is 5.39. The van der Waals surface area contributed by atoms with Crippen molar-refractivity contribution >= 4 is 34.7 Å². The van der Waals surface area contributed by atoms with E-state index in [1.54, 1.807) is 74.1 Å². The van der Waals surface area contributed by atoms with Crippen molar-refractivity contribution in [3.63, 3.8) is 0 Å². The minimum atomic E-state index is -0.307. The molecule has 0 saturated carbocycles. The summed E-state index contributed by atoms with van der Waals surface area (Å²) in [4.78, 5) is 32.5.